The van der Waals surface area contributed by atoms with Gasteiger partial charge in [0.2, 0.25) is 5.91 Å². The molecule has 3 aromatic rings. The lowest BCUT2D eigenvalue weighted by molar-refractivity contribution is 0.0998. The molecule has 0 spiro atoms. The zero-order valence-corrected chi connectivity index (χ0v) is 13.9. The third-order valence-electron chi connectivity index (χ3n) is 3.70. The van der Waals surface area contributed by atoms with Crippen molar-refractivity contribution in [3.05, 3.63) is 70.1 Å². The number of hydrogen-bond acceptors (Lipinski definition) is 5. The molecule has 3 rings (SSSR count). The monoisotopic (exact) mass is 352 g/mol. The number of carbonyl (C=O) groups excluding carboxylic acids is 2. The van der Waals surface area contributed by atoms with Crippen LogP contribution in [-0.4, -0.2) is 18.4 Å². The minimum atomic E-state index is -0.639. The Bertz CT molecular complexity index is 1040. The zero-order valence-electron chi connectivity index (χ0n) is 13.9. The number of benzene rings is 2. The van der Waals surface area contributed by atoms with Crippen LogP contribution in [0.5, 0.6) is 5.75 Å². The number of anilines is 1. The zero-order chi connectivity index (χ0) is 18.7. The number of ether oxygens (including phenoxy) is 1. The summed E-state index contributed by atoms with van der Waals surface area (Å²) in [6, 6.07) is 12.2. The molecule has 2 aromatic carbocycles. The molecular weight excluding hydrogens is 336 g/mol. The van der Waals surface area contributed by atoms with Gasteiger partial charge in [0.05, 0.1) is 12.2 Å². The van der Waals surface area contributed by atoms with Crippen LogP contribution in [0.3, 0.4) is 0 Å². The topological polar surface area (TPSA) is 112 Å². The van der Waals surface area contributed by atoms with E-state index in [9.17, 15) is 14.4 Å². The van der Waals surface area contributed by atoms with Crippen LogP contribution in [0.1, 0.15) is 27.6 Å². The van der Waals surface area contributed by atoms with Crippen LogP contribution in [0.25, 0.3) is 11.0 Å². The molecule has 3 N–H and O–H groups in total. The lowest BCUT2D eigenvalue weighted by Gasteiger charge is -2.09. The van der Waals surface area contributed by atoms with Gasteiger partial charge in [-0.25, -0.2) is 4.79 Å². The lowest BCUT2D eigenvalue weighted by atomic mass is 10.1. The average Bonchev–Trinajstić information content (AvgIpc) is 2.61. The van der Waals surface area contributed by atoms with Gasteiger partial charge >= 0.3 is 5.63 Å². The molecule has 0 aliphatic heterocycles. The second-order valence-corrected chi connectivity index (χ2v) is 5.47. The fourth-order valence-electron chi connectivity index (χ4n) is 2.50. The van der Waals surface area contributed by atoms with Gasteiger partial charge in [-0.05, 0) is 43.3 Å². The number of fused-ring (bicyclic) bond motifs is 1. The molecule has 7 heteroatoms. The predicted molar refractivity (Wildman–Crippen MR) is 96.6 cm³/mol. The van der Waals surface area contributed by atoms with Crippen molar-refractivity contribution in [1.82, 2.24) is 0 Å². The summed E-state index contributed by atoms with van der Waals surface area (Å²) in [7, 11) is 0. The molecule has 0 atom stereocenters. The van der Waals surface area contributed by atoms with Gasteiger partial charge in [-0.2, -0.15) is 0 Å². The molecular formula is C19H16N2O5. The molecule has 2 amide bonds. The minimum absolute atomic E-state index is 0.179. The molecule has 0 bridgehead atoms. The second kappa shape index (κ2) is 7.10. The first-order valence-electron chi connectivity index (χ1n) is 7.90. The summed E-state index contributed by atoms with van der Waals surface area (Å²) >= 11 is 0. The highest BCUT2D eigenvalue weighted by atomic mass is 16.5. The third kappa shape index (κ3) is 3.56. The minimum Gasteiger partial charge on any atom is -0.494 e. The van der Waals surface area contributed by atoms with Crippen molar-refractivity contribution < 1.29 is 18.7 Å². The van der Waals surface area contributed by atoms with Gasteiger partial charge in [-0.15, -0.1) is 0 Å². The van der Waals surface area contributed by atoms with Gasteiger partial charge < -0.3 is 20.2 Å². The quantitative estimate of drug-likeness (QED) is 0.685. The maximum Gasteiger partial charge on any atom is 0.337 e. The molecule has 0 saturated carbocycles. The van der Waals surface area contributed by atoms with Crippen molar-refractivity contribution in [1.29, 1.82) is 0 Å². The van der Waals surface area contributed by atoms with Crippen molar-refractivity contribution >= 4 is 28.5 Å². The summed E-state index contributed by atoms with van der Waals surface area (Å²) in [5, 5.41) is 3.17. The van der Waals surface area contributed by atoms with Gasteiger partial charge in [0, 0.05) is 28.8 Å². The van der Waals surface area contributed by atoms with Crippen LogP contribution in [0.2, 0.25) is 0 Å². The van der Waals surface area contributed by atoms with E-state index in [4.69, 9.17) is 14.9 Å². The second-order valence-electron chi connectivity index (χ2n) is 5.47. The molecule has 1 aromatic heterocycles. The molecule has 7 nitrogen and oxygen atoms in total. The Morgan fingerprint density at radius 1 is 1.12 bits per heavy atom. The van der Waals surface area contributed by atoms with Gasteiger partial charge in [0.15, 0.2) is 0 Å². The highest BCUT2D eigenvalue weighted by molar-refractivity contribution is 6.12. The fraction of sp³-hybridized carbons (Fsp3) is 0.105. The highest BCUT2D eigenvalue weighted by Gasteiger charge is 2.14. The summed E-state index contributed by atoms with van der Waals surface area (Å²) in [5.74, 6) is -0.485. The summed E-state index contributed by atoms with van der Waals surface area (Å²) in [6.07, 6.45) is 0. The Hall–Kier alpha value is -3.61. The number of carbonyl (C=O) groups is 2. The SMILES string of the molecule is CCOc1ccc2c(C(=O)Nc3ccc(C(N)=O)cc3)cc(=O)oc2c1. The number of nitrogens with one attached hydrogen (secondary N) is 1. The van der Waals surface area contributed by atoms with Gasteiger partial charge in [0.1, 0.15) is 11.3 Å². The van der Waals surface area contributed by atoms with Gasteiger partial charge in [-0.1, -0.05) is 0 Å². The summed E-state index contributed by atoms with van der Waals surface area (Å²) in [4.78, 5) is 35.5. The van der Waals surface area contributed by atoms with E-state index in [0.717, 1.165) is 6.07 Å². The highest BCUT2D eigenvalue weighted by Crippen LogP contribution is 2.23. The first-order chi connectivity index (χ1) is 12.5. The Balaban J connectivity index is 1.94. The first-order valence-corrected chi connectivity index (χ1v) is 7.90. The summed E-state index contributed by atoms with van der Waals surface area (Å²) in [6.45, 7) is 2.31. The predicted octanol–water partition coefficient (Wildman–Crippen LogP) is 2.54. The van der Waals surface area contributed by atoms with Crippen molar-refractivity contribution in [2.24, 2.45) is 5.73 Å². The van der Waals surface area contributed by atoms with E-state index in [1.807, 2.05) is 6.92 Å². The average molecular weight is 352 g/mol. The van der Waals surface area contributed by atoms with Crippen molar-refractivity contribution in [3.8, 4) is 5.75 Å². The van der Waals surface area contributed by atoms with Crippen LogP contribution in [0.4, 0.5) is 5.69 Å². The maximum absolute atomic E-state index is 12.6. The van der Waals surface area contributed by atoms with Gasteiger partial charge in [0.25, 0.3) is 5.91 Å². The Kier molecular flexibility index (Phi) is 4.70. The molecule has 132 valence electrons. The number of amides is 2. The van der Waals surface area contributed by atoms with Crippen molar-refractivity contribution in [3.63, 3.8) is 0 Å². The molecule has 0 unspecified atom stereocenters. The van der Waals surface area contributed by atoms with Gasteiger partial charge in [-0.3, -0.25) is 9.59 Å². The van der Waals surface area contributed by atoms with E-state index in [1.165, 1.54) is 12.1 Å². The van der Waals surface area contributed by atoms with Crippen LogP contribution < -0.4 is 21.4 Å². The van der Waals surface area contributed by atoms with Crippen LogP contribution in [0, 0.1) is 0 Å². The van der Waals surface area contributed by atoms with E-state index in [1.54, 1.807) is 30.3 Å². The first kappa shape index (κ1) is 17.2. The Morgan fingerprint density at radius 2 is 1.85 bits per heavy atom. The van der Waals surface area contributed by atoms with Crippen molar-refractivity contribution in [2.45, 2.75) is 6.92 Å². The molecule has 1 heterocycles. The molecule has 0 aliphatic rings. The standard InChI is InChI=1S/C19H16N2O5/c1-2-25-13-7-8-14-15(10-17(22)26-16(14)9-13)19(24)21-12-5-3-11(4-6-12)18(20)23/h3-10H,2H2,1H3,(H2,20,23)(H,21,24). The number of primary amides is 1. The number of nitrogens with two attached hydrogens (primary N) is 1. The van der Waals surface area contributed by atoms with Crippen LogP contribution in [-0.2, 0) is 0 Å². The Labute approximate surface area is 148 Å². The smallest absolute Gasteiger partial charge is 0.337 e. The molecule has 0 saturated heterocycles. The Morgan fingerprint density at radius 3 is 2.50 bits per heavy atom. The van der Waals surface area contributed by atoms with Crippen molar-refractivity contribution in [2.75, 3.05) is 11.9 Å². The van der Waals surface area contributed by atoms with E-state index in [2.05, 4.69) is 5.32 Å². The third-order valence-corrected chi connectivity index (χ3v) is 3.70. The number of rotatable bonds is 5. The van der Waals surface area contributed by atoms with Crippen LogP contribution >= 0.6 is 0 Å². The molecule has 0 fully saturated rings. The summed E-state index contributed by atoms with van der Waals surface area (Å²) in [5.41, 5.74) is 5.79. The molecule has 0 aliphatic carbocycles. The van der Waals surface area contributed by atoms with E-state index < -0.39 is 17.4 Å². The van der Waals surface area contributed by atoms with Crippen LogP contribution in [0.15, 0.2) is 57.7 Å². The largest absolute Gasteiger partial charge is 0.494 e. The normalized spacial score (nSPS) is 10.5. The van der Waals surface area contributed by atoms with E-state index >= 15 is 0 Å². The van der Waals surface area contributed by atoms with E-state index in [0.29, 0.717) is 29.0 Å². The van der Waals surface area contributed by atoms with E-state index in [-0.39, 0.29) is 11.1 Å². The summed E-state index contributed by atoms with van der Waals surface area (Å²) < 4.78 is 10.5. The maximum atomic E-state index is 12.6. The fourth-order valence-corrected chi connectivity index (χ4v) is 2.50. The lowest BCUT2D eigenvalue weighted by Crippen LogP contribution is -2.15. The molecule has 0 radical (unpaired) electrons. The number of hydrogen-bond donors (Lipinski definition) is 2. The molecule has 26 heavy (non-hydrogen) atoms.